The van der Waals surface area contributed by atoms with Crippen LogP contribution in [0.1, 0.15) is 36.5 Å². The number of hydrogen-bond acceptors (Lipinski definition) is 5. The van der Waals surface area contributed by atoms with E-state index in [1.807, 2.05) is 49.4 Å². The van der Waals surface area contributed by atoms with Crippen molar-refractivity contribution in [2.45, 2.75) is 50.6 Å². The van der Waals surface area contributed by atoms with E-state index in [1.54, 1.807) is 56.5 Å². The predicted molar refractivity (Wildman–Crippen MR) is 183 cm³/mol. The number of methoxy groups -OCH3 is 1. The SMILES string of the molecule is CCCCNC(=O)[C@@H](Cc1ccccc1)N(Cc1cccc(OC)c1)C(=O)CN(c1cc(Cl)ccc1C)S(=O)(=O)c1ccccc1. The first kappa shape index (κ1) is 34.5. The average molecular weight is 662 g/mol. The standard InChI is InChI=1S/C36H40ClN3O5S/c1-4-5-21-38-36(42)34(23-28-13-8-6-9-14-28)39(25-29-15-12-16-31(22-29)45-3)35(41)26-40(33-24-30(37)20-19-27(33)2)46(43,44)32-17-10-7-11-18-32/h6-20,22,24,34H,4-5,21,23,25-26H2,1-3H3,(H,38,42)/t34-/m1/s1. The Bertz CT molecular complexity index is 1720. The minimum Gasteiger partial charge on any atom is -0.497 e. The van der Waals surface area contributed by atoms with Crippen molar-refractivity contribution in [3.63, 3.8) is 0 Å². The Morgan fingerprint density at radius 3 is 2.24 bits per heavy atom. The zero-order valence-corrected chi connectivity index (χ0v) is 27.9. The first-order valence-corrected chi connectivity index (χ1v) is 17.0. The monoisotopic (exact) mass is 661 g/mol. The smallest absolute Gasteiger partial charge is 0.264 e. The number of nitrogens with zero attached hydrogens (tertiary/aromatic N) is 2. The molecule has 0 aromatic heterocycles. The molecule has 4 aromatic carbocycles. The second-order valence-corrected chi connectivity index (χ2v) is 13.3. The molecule has 4 aromatic rings. The van der Waals surface area contributed by atoms with E-state index in [-0.39, 0.29) is 29.5 Å². The summed E-state index contributed by atoms with van der Waals surface area (Å²) in [5.74, 6) is -0.266. The molecule has 0 fully saturated rings. The molecule has 0 aliphatic carbocycles. The second-order valence-electron chi connectivity index (χ2n) is 11.0. The van der Waals surface area contributed by atoms with E-state index in [1.165, 1.54) is 23.1 Å². The summed E-state index contributed by atoms with van der Waals surface area (Å²) in [5, 5.41) is 3.32. The predicted octanol–water partition coefficient (Wildman–Crippen LogP) is 6.41. The van der Waals surface area contributed by atoms with E-state index < -0.39 is 28.5 Å². The number of anilines is 1. The van der Waals surface area contributed by atoms with Crippen LogP contribution in [-0.2, 0) is 32.6 Å². The number of nitrogens with one attached hydrogen (secondary N) is 1. The molecule has 242 valence electrons. The first-order chi connectivity index (χ1) is 22.1. The van der Waals surface area contributed by atoms with Gasteiger partial charge in [0.2, 0.25) is 11.8 Å². The van der Waals surface area contributed by atoms with E-state index in [9.17, 15) is 18.0 Å². The van der Waals surface area contributed by atoms with E-state index in [0.29, 0.717) is 22.9 Å². The Labute approximate surface area is 277 Å². The van der Waals surface area contributed by atoms with Gasteiger partial charge in [-0.25, -0.2) is 8.42 Å². The lowest BCUT2D eigenvalue weighted by Gasteiger charge is -2.34. The highest BCUT2D eigenvalue weighted by Gasteiger charge is 2.35. The van der Waals surface area contributed by atoms with Crippen LogP contribution >= 0.6 is 11.6 Å². The molecule has 1 atom stereocenters. The summed E-state index contributed by atoms with van der Waals surface area (Å²) < 4.78 is 34.9. The average Bonchev–Trinajstić information content (AvgIpc) is 3.07. The Balaban J connectivity index is 1.82. The first-order valence-electron chi connectivity index (χ1n) is 15.2. The maximum atomic E-state index is 14.6. The van der Waals surface area contributed by atoms with Gasteiger partial charge in [0.15, 0.2) is 0 Å². The number of ether oxygens (including phenoxy) is 1. The zero-order chi connectivity index (χ0) is 33.1. The number of benzene rings is 4. The Morgan fingerprint density at radius 2 is 1.57 bits per heavy atom. The molecule has 0 saturated heterocycles. The topological polar surface area (TPSA) is 96.0 Å². The highest BCUT2D eigenvalue weighted by atomic mass is 35.5. The van der Waals surface area contributed by atoms with Gasteiger partial charge >= 0.3 is 0 Å². The fraction of sp³-hybridized carbons (Fsp3) is 0.278. The maximum absolute atomic E-state index is 14.6. The molecule has 2 amide bonds. The van der Waals surface area contributed by atoms with Gasteiger partial charge in [0.1, 0.15) is 18.3 Å². The quantitative estimate of drug-likeness (QED) is 0.149. The number of halogens is 1. The molecule has 8 nitrogen and oxygen atoms in total. The number of unbranched alkanes of at least 4 members (excludes halogenated alkanes) is 1. The Kier molecular flexibility index (Phi) is 12.2. The van der Waals surface area contributed by atoms with E-state index in [2.05, 4.69) is 5.32 Å². The van der Waals surface area contributed by atoms with Gasteiger partial charge in [-0.15, -0.1) is 0 Å². The molecule has 10 heteroatoms. The summed E-state index contributed by atoms with van der Waals surface area (Å²) >= 11 is 6.35. The summed E-state index contributed by atoms with van der Waals surface area (Å²) in [4.78, 5) is 30.0. The molecule has 1 N–H and O–H groups in total. The van der Waals surface area contributed by atoms with Gasteiger partial charge in [0.05, 0.1) is 17.7 Å². The normalized spacial score (nSPS) is 11.8. The van der Waals surface area contributed by atoms with Gasteiger partial charge in [0.25, 0.3) is 10.0 Å². The van der Waals surface area contributed by atoms with Crippen LogP contribution in [0, 0.1) is 6.92 Å². The molecule has 0 radical (unpaired) electrons. The van der Waals surface area contributed by atoms with Gasteiger partial charge in [-0.1, -0.05) is 91.7 Å². The molecule has 0 bridgehead atoms. The van der Waals surface area contributed by atoms with Crippen LogP contribution in [0.15, 0.2) is 108 Å². The van der Waals surface area contributed by atoms with Crippen LogP contribution < -0.4 is 14.4 Å². The summed E-state index contributed by atoms with van der Waals surface area (Å²) in [6.07, 6.45) is 1.91. The summed E-state index contributed by atoms with van der Waals surface area (Å²) in [6.45, 7) is 3.74. The van der Waals surface area contributed by atoms with Crippen LogP contribution in [-0.4, -0.2) is 51.4 Å². The van der Waals surface area contributed by atoms with Crippen LogP contribution in [0.2, 0.25) is 5.02 Å². The fourth-order valence-corrected chi connectivity index (χ4v) is 6.77. The molecule has 46 heavy (non-hydrogen) atoms. The maximum Gasteiger partial charge on any atom is 0.264 e. The number of amides is 2. The van der Waals surface area contributed by atoms with Crippen LogP contribution in [0.3, 0.4) is 0 Å². The number of aryl methyl sites for hydroxylation is 1. The second kappa shape index (κ2) is 16.3. The highest BCUT2D eigenvalue weighted by Crippen LogP contribution is 2.30. The number of sulfonamides is 1. The molecule has 0 heterocycles. The van der Waals surface area contributed by atoms with Crippen molar-refractivity contribution in [2.75, 3.05) is 24.5 Å². The summed E-state index contributed by atoms with van der Waals surface area (Å²) in [7, 11) is -2.66. The van der Waals surface area contributed by atoms with Crippen LogP contribution in [0.25, 0.3) is 0 Å². The molecular formula is C36H40ClN3O5S. The van der Waals surface area contributed by atoms with E-state index in [4.69, 9.17) is 16.3 Å². The van der Waals surface area contributed by atoms with Gasteiger partial charge < -0.3 is 15.0 Å². The molecule has 0 aliphatic heterocycles. The molecule has 0 saturated carbocycles. The number of hydrogen-bond donors (Lipinski definition) is 1. The zero-order valence-electron chi connectivity index (χ0n) is 26.4. The van der Waals surface area contributed by atoms with E-state index in [0.717, 1.165) is 28.3 Å². The molecule has 0 unspecified atom stereocenters. The van der Waals surface area contributed by atoms with E-state index >= 15 is 0 Å². The summed E-state index contributed by atoms with van der Waals surface area (Å²) in [6, 6.07) is 28.6. The lowest BCUT2D eigenvalue weighted by Crippen LogP contribution is -2.53. The van der Waals surface area contributed by atoms with Gasteiger partial charge in [0, 0.05) is 24.5 Å². The number of rotatable bonds is 15. The number of carbonyl (C=O) groups excluding carboxylic acids is 2. The van der Waals surface area contributed by atoms with Crippen molar-refractivity contribution in [3.8, 4) is 5.75 Å². The molecular weight excluding hydrogens is 622 g/mol. The lowest BCUT2D eigenvalue weighted by atomic mass is 10.0. The minimum absolute atomic E-state index is 0.0275. The lowest BCUT2D eigenvalue weighted by molar-refractivity contribution is -0.140. The third-order valence-corrected chi connectivity index (χ3v) is 9.65. The number of carbonyl (C=O) groups is 2. The highest BCUT2D eigenvalue weighted by molar-refractivity contribution is 7.92. The third kappa shape index (κ3) is 8.89. The van der Waals surface area contributed by atoms with Crippen LogP contribution in [0.4, 0.5) is 5.69 Å². The molecule has 0 aliphatic rings. The van der Waals surface area contributed by atoms with Crippen molar-refractivity contribution < 1.29 is 22.7 Å². The largest absolute Gasteiger partial charge is 0.497 e. The van der Waals surface area contributed by atoms with Crippen molar-refractivity contribution in [1.82, 2.24) is 10.2 Å². The molecule has 4 rings (SSSR count). The fourth-order valence-electron chi connectivity index (χ4n) is 5.11. The molecule has 0 spiro atoms. The summed E-state index contributed by atoms with van der Waals surface area (Å²) in [5.41, 5.74) is 2.48. The van der Waals surface area contributed by atoms with Crippen molar-refractivity contribution >= 4 is 39.1 Å². The van der Waals surface area contributed by atoms with Gasteiger partial charge in [-0.05, 0) is 66.4 Å². The Hall–Kier alpha value is -4.34. The van der Waals surface area contributed by atoms with Gasteiger partial charge in [-0.3, -0.25) is 13.9 Å². The Morgan fingerprint density at radius 1 is 0.891 bits per heavy atom. The van der Waals surface area contributed by atoms with Crippen LogP contribution in [0.5, 0.6) is 5.75 Å². The third-order valence-electron chi connectivity index (χ3n) is 7.64. The minimum atomic E-state index is -4.22. The van der Waals surface area contributed by atoms with Crippen molar-refractivity contribution in [3.05, 3.63) is 125 Å². The van der Waals surface area contributed by atoms with Crippen molar-refractivity contribution in [1.29, 1.82) is 0 Å². The van der Waals surface area contributed by atoms with Crippen molar-refractivity contribution in [2.24, 2.45) is 0 Å². The van der Waals surface area contributed by atoms with Gasteiger partial charge in [-0.2, -0.15) is 0 Å².